The van der Waals surface area contributed by atoms with Gasteiger partial charge in [0, 0.05) is 19.2 Å². The van der Waals surface area contributed by atoms with Gasteiger partial charge in [-0.1, -0.05) is 12.1 Å². The van der Waals surface area contributed by atoms with Gasteiger partial charge < -0.3 is 15.8 Å². The fraction of sp³-hybridized carbons (Fsp3) is 0.333. The van der Waals surface area contributed by atoms with Gasteiger partial charge in [0.15, 0.2) is 0 Å². The zero-order valence-corrected chi connectivity index (χ0v) is 9.27. The molecular weight excluding hydrogens is 204 g/mol. The van der Waals surface area contributed by atoms with Gasteiger partial charge in [0.05, 0.1) is 5.92 Å². The Kier molecular flexibility index (Phi) is 4.51. The van der Waals surface area contributed by atoms with Crippen molar-refractivity contribution < 1.29 is 9.59 Å². The number of carbonyl (C=O) groups is 2. The fourth-order valence-corrected chi connectivity index (χ4v) is 1.59. The number of carbonyl (C=O) groups excluding carboxylic acids is 2. The first-order valence-electron chi connectivity index (χ1n) is 5.19. The van der Waals surface area contributed by atoms with Crippen molar-refractivity contribution in [2.45, 2.75) is 18.8 Å². The van der Waals surface area contributed by atoms with Crippen LogP contribution >= 0.6 is 0 Å². The number of hydrogen-bond acceptors (Lipinski definition) is 3. The second-order valence-corrected chi connectivity index (χ2v) is 3.58. The third-order valence-electron chi connectivity index (χ3n) is 2.47. The third-order valence-corrected chi connectivity index (χ3v) is 2.47. The molecule has 0 spiro atoms. The molecule has 0 saturated carbocycles. The lowest BCUT2D eigenvalue weighted by molar-refractivity contribution is -0.122. The van der Waals surface area contributed by atoms with Gasteiger partial charge in [-0.15, -0.1) is 0 Å². The number of benzene rings is 1. The lowest BCUT2D eigenvalue weighted by Crippen LogP contribution is -2.25. The monoisotopic (exact) mass is 220 g/mol. The van der Waals surface area contributed by atoms with Crippen molar-refractivity contribution in [3.63, 3.8) is 0 Å². The zero-order valence-electron chi connectivity index (χ0n) is 9.27. The molecule has 0 aliphatic rings. The number of nitrogens with one attached hydrogen (secondary N) is 1. The number of nitrogens with two attached hydrogens (primary N) is 1. The van der Waals surface area contributed by atoms with Crippen LogP contribution in [0.2, 0.25) is 0 Å². The Morgan fingerprint density at radius 3 is 2.56 bits per heavy atom. The number of likely N-dealkylation sites (N-methyl/N-ethyl adjacent to an activating group) is 1. The molecule has 0 heterocycles. The topological polar surface area (TPSA) is 72.2 Å². The Morgan fingerprint density at radius 1 is 1.44 bits per heavy atom. The Morgan fingerprint density at radius 2 is 2.06 bits per heavy atom. The summed E-state index contributed by atoms with van der Waals surface area (Å²) in [5, 5.41) is 2.60. The highest BCUT2D eigenvalue weighted by Gasteiger charge is 2.18. The van der Waals surface area contributed by atoms with Gasteiger partial charge in [0.2, 0.25) is 5.91 Å². The number of nitrogen functional groups attached to an aromatic ring is 1. The molecule has 0 aromatic heterocycles. The molecule has 86 valence electrons. The summed E-state index contributed by atoms with van der Waals surface area (Å²) in [5.41, 5.74) is 7.13. The summed E-state index contributed by atoms with van der Waals surface area (Å²) >= 11 is 0. The van der Waals surface area contributed by atoms with Crippen LogP contribution in [0.3, 0.4) is 0 Å². The fourth-order valence-electron chi connectivity index (χ4n) is 1.59. The summed E-state index contributed by atoms with van der Waals surface area (Å²) in [6.45, 7) is 0. The molecule has 1 amide bonds. The maximum Gasteiger partial charge on any atom is 0.227 e. The van der Waals surface area contributed by atoms with E-state index in [0.717, 1.165) is 11.8 Å². The highest BCUT2D eigenvalue weighted by Crippen LogP contribution is 2.22. The van der Waals surface area contributed by atoms with E-state index in [4.69, 9.17) is 5.73 Å². The number of rotatable bonds is 5. The van der Waals surface area contributed by atoms with Gasteiger partial charge in [0.25, 0.3) is 0 Å². The van der Waals surface area contributed by atoms with E-state index in [1.165, 1.54) is 0 Å². The van der Waals surface area contributed by atoms with E-state index in [1.807, 2.05) is 12.1 Å². The van der Waals surface area contributed by atoms with Crippen LogP contribution in [0.1, 0.15) is 24.3 Å². The average Bonchev–Trinajstić information content (AvgIpc) is 2.31. The maximum atomic E-state index is 11.6. The minimum absolute atomic E-state index is 0.0772. The van der Waals surface area contributed by atoms with Crippen molar-refractivity contribution in [3.8, 4) is 0 Å². The van der Waals surface area contributed by atoms with E-state index in [9.17, 15) is 9.59 Å². The van der Waals surface area contributed by atoms with Crippen LogP contribution in [0.4, 0.5) is 5.69 Å². The van der Waals surface area contributed by atoms with Crippen molar-refractivity contribution >= 4 is 17.9 Å². The van der Waals surface area contributed by atoms with E-state index >= 15 is 0 Å². The van der Waals surface area contributed by atoms with Crippen LogP contribution in [0.15, 0.2) is 24.3 Å². The normalized spacial score (nSPS) is 11.8. The second kappa shape index (κ2) is 5.90. The van der Waals surface area contributed by atoms with Crippen LogP contribution < -0.4 is 11.1 Å². The standard InChI is InChI=1S/C12H16N2O2/c1-14-12(16)11(3-2-8-15)9-4-6-10(13)7-5-9/h4-8,11H,2-3,13H2,1H3,(H,14,16). The van der Waals surface area contributed by atoms with Gasteiger partial charge in [-0.2, -0.15) is 0 Å². The van der Waals surface area contributed by atoms with E-state index in [-0.39, 0.29) is 11.8 Å². The zero-order chi connectivity index (χ0) is 12.0. The van der Waals surface area contributed by atoms with Crippen molar-refractivity contribution in [1.29, 1.82) is 0 Å². The molecule has 1 rings (SSSR count). The maximum absolute atomic E-state index is 11.6. The summed E-state index contributed by atoms with van der Waals surface area (Å²) < 4.78 is 0. The molecule has 0 aliphatic heterocycles. The predicted octanol–water partition coefficient (Wildman–Crippen LogP) is 1.08. The molecule has 4 heteroatoms. The molecule has 3 N–H and O–H groups in total. The number of anilines is 1. The summed E-state index contributed by atoms with van der Waals surface area (Å²) in [5.74, 6) is -0.359. The first-order valence-corrected chi connectivity index (χ1v) is 5.19. The van der Waals surface area contributed by atoms with Gasteiger partial charge in [-0.3, -0.25) is 4.79 Å². The summed E-state index contributed by atoms with van der Waals surface area (Å²) in [6.07, 6.45) is 1.72. The summed E-state index contributed by atoms with van der Waals surface area (Å²) in [6, 6.07) is 7.15. The van der Waals surface area contributed by atoms with Crippen LogP contribution in [0.25, 0.3) is 0 Å². The SMILES string of the molecule is CNC(=O)C(CCC=O)c1ccc(N)cc1. The molecule has 0 bridgehead atoms. The van der Waals surface area contributed by atoms with E-state index in [2.05, 4.69) is 5.32 Å². The molecule has 16 heavy (non-hydrogen) atoms. The van der Waals surface area contributed by atoms with Gasteiger partial charge >= 0.3 is 0 Å². The quantitative estimate of drug-likeness (QED) is 0.576. The van der Waals surface area contributed by atoms with Gasteiger partial charge in [0.1, 0.15) is 6.29 Å². The Labute approximate surface area is 94.8 Å². The molecule has 0 radical (unpaired) electrons. The van der Waals surface area contributed by atoms with Crippen molar-refractivity contribution in [3.05, 3.63) is 29.8 Å². The lowest BCUT2D eigenvalue weighted by Gasteiger charge is -2.14. The Bertz CT molecular complexity index is 360. The molecule has 1 aromatic rings. The molecule has 4 nitrogen and oxygen atoms in total. The minimum Gasteiger partial charge on any atom is -0.399 e. The molecule has 0 aliphatic carbocycles. The minimum atomic E-state index is -0.282. The van der Waals surface area contributed by atoms with Gasteiger partial charge in [-0.05, 0) is 24.1 Å². The van der Waals surface area contributed by atoms with E-state index < -0.39 is 0 Å². The van der Waals surface area contributed by atoms with Crippen LogP contribution in [-0.4, -0.2) is 19.2 Å². The molecule has 0 fully saturated rings. The highest BCUT2D eigenvalue weighted by atomic mass is 16.1. The summed E-state index contributed by atoms with van der Waals surface area (Å²) in [7, 11) is 1.59. The molecular formula is C12H16N2O2. The predicted molar refractivity (Wildman–Crippen MR) is 63.0 cm³/mol. The highest BCUT2D eigenvalue weighted by molar-refractivity contribution is 5.83. The number of amides is 1. The molecule has 1 aromatic carbocycles. The van der Waals surface area contributed by atoms with Crippen molar-refractivity contribution in [1.82, 2.24) is 5.32 Å². The largest absolute Gasteiger partial charge is 0.399 e. The first kappa shape index (κ1) is 12.2. The first-order chi connectivity index (χ1) is 7.69. The lowest BCUT2D eigenvalue weighted by atomic mass is 9.93. The van der Waals surface area contributed by atoms with E-state index in [0.29, 0.717) is 18.5 Å². The third kappa shape index (κ3) is 3.08. The van der Waals surface area contributed by atoms with Crippen LogP contribution in [0.5, 0.6) is 0 Å². The molecule has 0 saturated heterocycles. The number of hydrogen-bond donors (Lipinski definition) is 2. The number of aldehydes is 1. The molecule has 1 unspecified atom stereocenters. The van der Waals surface area contributed by atoms with E-state index in [1.54, 1.807) is 19.2 Å². The Hall–Kier alpha value is -1.84. The molecule has 1 atom stereocenters. The van der Waals surface area contributed by atoms with Crippen LogP contribution in [-0.2, 0) is 9.59 Å². The summed E-state index contributed by atoms with van der Waals surface area (Å²) in [4.78, 5) is 22.0. The second-order valence-electron chi connectivity index (χ2n) is 3.58. The average molecular weight is 220 g/mol. The van der Waals surface area contributed by atoms with Crippen LogP contribution in [0, 0.1) is 0 Å². The van der Waals surface area contributed by atoms with Gasteiger partial charge in [-0.25, -0.2) is 0 Å². The van der Waals surface area contributed by atoms with Crippen molar-refractivity contribution in [2.24, 2.45) is 0 Å². The Balaban J connectivity index is 2.86. The smallest absolute Gasteiger partial charge is 0.227 e. The van der Waals surface area contributed by atoms with Crippen molar-refractivity contribution in [2.75, 3.05) is 12.8 Å².